The third-order valence-corrected chi connectivity index (χ3v) is 9.71. The molecule has 0 saturated heterocycles. The van der Waals surface area contributed by atoms with Gasteiger partial charge < -0.3 is 5.11 Å². The van der Waals surface area contributed by atoms with Crippen LogP contribution in [0, 0.1) is 0 Å². The molecule has 23 heavy (non-hydrogen) atoms. The Kier molecular flexibility index (Phi) is 4.75. The largest absolute Gasteiger partial charge is 0.395 e. The molecule has 116 valence electrons. The first-order valence-corrected chi connectivity index (χ1v) is 10.2. The Bertz CT molecular complexity index is 629. The zero-order chi connectivity index (χ0) is 16.1. The van der Waals surface area contributed by atoms with E-state index in [4.69, 9.17) is 0 Å². The number of aliphatic hydroxyl groups excluding tert-OH is 1. The molecule has 3 rings (SSSR count). The van der Waals surface area contributed by atoms with Gasteiger partial charge in [0.1, 0.15) is 0 Å². The van der Waals surface area contributed by atoms with Gasteiger partial charge in [-0.05, 0) is 22.0 Å². The molecule has 0 bridgehead atoms. The second kappa shape index (κ2) is 6.94. The average molecular weight is 318 g/mol. The van der Waals surface area contributed by atoms with Crippen LogP contribution in [-0.2, 0) is 0 Å². The van der Waals surface area contributed by atoms with Gasteiger partial charge in [0, 0.05) is 0 Å². The third kappa shape index (κ3) is 2.76. The molecule has 1 nitrogen and oxygen atoms in total. The molecule has 0 aliphatic heterocycles. The number of rotatable bonds is 5. The van der Waals surface area contributed by atoms with Crippen molar-refractivity contribution in [2.45, 2.75) is 19.1 Å². The van der Waals surface area contributed by atoms with Crippen molar-refractivity contribution in [3.63, 3.8) is 0 Å². The van der Waals surface area contributed by atoms with Crippen molar-refractivity contribution < 1.29 is 5.11 Å². The Morgan fingerprint density at radius 1 is 0.652 bits per heavy atom. The summed E-state index contributed by atoms with van der Waals surface area (Å²) < 4.78 is 0. The zero-order valence-electron chi connectivity index (χ0n) is 13.4. The lowest BCUT2D eigenvalue weighted by Crippen LogP contribution is -2.74. The lowest BCUT2D eigenvalue weighted by Gasteiger charge is -2.37. The number of hydrogen-bond acceptors (Lipinski definition) is 1. The van der Waals surface area contributed by atoms with Crippen LogP contribution in [0.1, 0.15) is 13.3 Å². The lowest BCUT2D eigenvalue weighted by atomic mass is 10.3. The quantitative estimate of drug-likeness (QED) is 0.566. The van der Waals surface area contributed by atoms with E-state index >= 15 is 0 Å². The van der Waals surface area contributed by atoms with E-state index < -0.39 is 8.07 Å². The molecule has 3 aromatic carbocycles. The predicted octanol–water partition coefficient (Wildman–Crippen LogP) is 2.47. The number of benzene rings is 3. The summed E-state index contributed by atoms with van der Waals surface area (Å²) >= 11 is 0. The maximum atomic E-state index is 11.2. The van der Waals surface area contributed by atoms with Gasteiger partial charge >= 0.3 is 0 Å². The van der Waals surface area contributed by atoms with Gasteiger partial charge in [-0.1, -0.05) is 97.9 Å². The van der Waals surface area contributed by atoms with Crippen LogP contribution in [0.5, 0.6) is 0 Å². The highest BCUT2D eigenvalue weighted by molar-refractivity contribution is 7.12. The fourth-order valence-corrected chi connectivity index (χ4v) is 8.41. The highest BCUT2D eigenvalue weighted by atomic mass is 28.3. The van der Waals surface area contributed by atoms with Crippen LogP contribution in [0.3, 0.4) is 0 Å². The van der Waals surface area contributed by atoms with Gasteiger partial charge in [-0.3, -0.25) is 0 Å². The van der Waals surface area contributed by atoms with Crippen molar-refractivity contribution in [3.05, 3.63) is 91.0 Å². The van der Waals surface area contributed by atoms with Crippen LogP contribution in [0.25, 0.3) is 0 Å². The van der Waals surface area contributed by atoms with Gasteiger partial charge in [0.05, 0.1) is 5.73 Å². The first-order valence-electron chi connectivity index (χ1n) is 8.14. The Labute approximate surface area is 139 Å². The maximum absolute atomic E-state index is 11.2. The highest BCUT2D eigenvalue weighted by Gasteiger charge is 2.44. The molecule has 1 atom stereocenters. The Morgan fingerprint density at radius 2 is 0.957 bits per heavy atom. The minimum Gasteiger partial charge on any atom is -0.395 e. The Morgan fingerprint density at radius 3 is 1.22 bits per heavy atom. The van der Waals surface area contributed by atoms with Crippen molar-refractivity contribution in [1.29, 1.82) is 0 Å². The van der Waals surface area contributed by atoms with E-state index in [0.29, 0.717) is 0 Å². The molecular weight excluding hydrogens is 296 g/mol. The smallest absolute Gasteiger partial charge is 0.178 e. The molecular formula is C21H22OSi. The third-order valence-electron chi connectivity index (χ3n) is 4.57. The van der Waals surface area contributed by atoms with Crippen LogP contribution < -0.4 is 15.6 Å². The van der Waals surface area contributed by atoms with Crippen molar-refractivity contribution in [2.24, 2.45) is 0 Å². The minimum atomic E-state index is -2.47. The molecule has 0 aromatic heterocycles. The predicted molar refractivity (Wildman–Crippen MR) is 100 cm³/mol. The molecule has 0 fully saturated rings. The van der Waals surface area contributed by atoms with Crippen LogP contribution in [0.15, 0.2) is 91.0 Å². The van der Waals surface area contributed by atoms with Crippen molar-refractivity contribution >= 4 is 23.6 Å². The summed E-state index contributed by atoms with van der Waals surface area (Å²) in [4.78, 5) is 0. The van der Waals surface area contributed by atoms with Crippen LogP contribution in [0.2, 0.25) is 0 Å². The fourth-order valence-electron chi connectivity index (χ4n) is 3.49. The lowest BCUT2D eigenvalue weighted by molar-refractivity contribution is 0.243. The van der Waals surface area contributed by atoms with Gasteiger partial charge in [-0.2, -0.15) is 0 Å². The molecule has 3 aromatic rings. The molecule has 0 spiro atoms. The molecule has 0 aliphatic carbocycles. The normalized spacial score (nSPS) is 12.8. The summed E-state index contributed by atoms with van der Waals surface area (Å²) in [6.07, 6.45) is 0.741. The van der Waals surface area contributed by atoms with E-state index in [1.54, 1.807) is 0 Å². The maximum Gasteiger partial charge on any atom is 0.178 e. The van der Waals surface area contributed by atoms with E-state index in [2.05, 4.69) is 79.7 Å². The average Bonchev–Trinajstić information content (AvgIpc) is 2.65. The molecule has 0 amide bonds. The van der Waals surface area contributed by atoms with Gasteiger partial charge in [-0.15, -0.1) is 0 Å². The molecule has 0 heterocycles. The van der Waals surface area contributed by atoms with Crippen molar-refractivity contribution in [2.75, 3.05) is 0 Å². The summed E-state index contributed by atoms with van der Waals surface area (Å²) in [5, 5.41) is 15.0. The molecule has 0 radical (unpaired) electrons. The zero-order valence-corrected chi connectivity index (χ0v) is 14.4. The molecule has 2 heteroatoms. The van der Waals surface area contributed by atoms with Crippen molar-refractivity contribution in [3.8, 4) is 0 Å². The molecule has 1 unspecified atom stereocenters. The second-order valence-electron chi connectivity index (χ2n) is 5.83. The summed E-state index contributed by atoms with van der Waals surface area (Å²) in [6, 6.07) is 31.6. The molecule has 1 N–H and O–H groups in total. The highest BCUT2D eigenvalue weighted by Crippen LogP contribution is 2.14. The van der Waals surface area contributed by atoms with Gasteiger partial charge in [-0.25, -0.2) is 0 Å². The summed E-state index contributed by atoms with van der Waals surface area (Å²) in [5.41, 5.74) is -0.366. The number of hydrogen-bond donors (Lipinski definition) is 1. The second-order valence-corrected chi connectivity index (χ2v) is 9.84. The van der Waals surface area contributed by atoms with E-state index in [0.717, 1.165) is 6.42 Å². The SMILES string of the molecule is CCC(O)[Si](c1ccccc1)(c1ccccc1)c1ccccc1. The standard InChI is InChI=1S/C21H22OSi/c1-2-21(22)23(18-12-6-3-7-13-18,19-14-8-4-9-15-19)20-16-10-5-11-17-20/h3-17,21-22H,2H2,1H3. The van der Waals surface area contributed by atoms with E-state index in [1.165, 1.54) is 15.6 Å². The van der Waals surface area contributed by atoms with Crippen LogP contribution >= 0.6 is 0 Å². The topological polar surface area (TPSA) is 20.2 Å². The minimum absolute atomic E-state index is 0.366. The summed E-state index contributed by atoms with van der Waals surface area (Å²) in [7, 11) is -2.47. The van der Waals surface area contributed by atoms with E-state index in [9.17, 15) is 5.11 Å². The van der Waals surface area contributed by atoms with Crippen LogP contribution in [0.4, 0.5) is 0 Å². The molecule has 0 saturated carbocycles. The van der Waals surface area contributed by atoms with Gasteiger partial charge in [0.15, 0.2) is 8.07 Å². The fraction of sp³-hybridized carbons (Fsp3) is 0.143. The van der Waals surface area contributed by atoms with E-state index in [-0.39, 0.29) is 5.73 Å². The Hall–Kier alpha value is -2.16. The summed E-state index contributed by atoms with van der Waals surface area (Å²) in [6.45, 7) is 2.07. The monoisotopic (exact) mass is 318 g/mol. The van der Waals surface area contributed by atoms with Gasteiger partial charge in [0.25, 0.3) is 0 Å². The van der Waals surface area contributed by atoms with E-state index in [1.807, 2.05) is 18.2 Å². The molecule has 0 aliphatic rings. The van der Waals surface area contributed by atoms with Crippen molar-refractivity contribution in [1.82, 2.24) is 0 Å². The van der Waals surface area contributed by atoms with Crippen LogP contribution in [-0.4, -0.2) is 18.9 Å². The van der Waals surface area contributed by atoms with Gasteiger partial charge in [0.2, 0.25) is 0 Å². The number of aliphatic hydroxyl groups is 1. The first kappa shape index (κ1) is 15.7. The first-order chi connectivity index (χ1) is 11.3. The summed E-state index contributed by atoms with van der Waals surface area (Å²) in [5.74, 6) is 0. The Balaban J connectivity index is 2.35.